The maximum Gasteiger partial charge on any atom is 0.317 e. The van der Waals surface area contributed by atoms with E-state index in [9.17, 15) is 14.9 Å². The predicted octanol–water partition coefficient (Wildman–Crippen LogP) is 6.15. The summed E-state index contributed by atoms with van der Waals surface area (Å²) in [6.45, 7) is 1.05. The second kappa shape index (κ2) is 19.6. The van der Waals surface area contributed by atoms with E-state index < -0.39 is 11.9 Å². The van der Waals surface area contributed by atoms with Gasteiger partial charge < -0.3 is 35.1 Å². The largest absolute Gasteiger partial charge is 0.492 e. The number of hydrogen-bond acceptors (Lipinski definition) is 11. The van der Waals surface area contributed by atoms with Crippen LogP contribution in [-0.4, -0.2) is 61.8 Å². The zero-order chi connectivity index (χ0) is 38.5. The molecule has 17 heteroatoms. The van der Waals surface area contributed by atoms with E-state index in [1.54, 1.807) is 41.3 Å². The molecule has 280 valence electrons. The van der Waals surface area contributed by atoms with Gasteiger partial charge in [0.1, 0.15) is 36.5 Å². The van der Waals surface area contributed by atoms with E-state index in [1.165, 1.54) is 6.20 Å². The average Bonchev–Trinajstić information content (AvgIpc) is 3.61. The first-order valence-corrected chi connectivity index (χ1v) is 17.6. The van der Waals surface area contributed by atoms with Crippen LogP contribution in [0.4, 0.5) is 0 Å². The molecule has 0 saturated carbocycles. The van der Waals surface area contributed by atoms with Gasteiger partial charge in [-0.25, -0.2) is 0 Å². The highest BCUT2D eigenvalue weighted by Gasteiger charge is 2.17. The number of benzene rings is 3. The molecule has 0 bridgehead atoms. The lowest BCUT2D eigenvalue weighted by Crippen LogP contribution is -2.22. The molecule has 5 aromatic rings. The van der Waals surface area contributed by atoms with Crippen LogP contribution in [0.2, 0.25) is 15.1 Å². The molecule has 0 amide bonds. The van der Waals surface area contributed by atoms with Crippen LogP contribution < -0.4 is 24.8 Å². The lowest BCUT2D eigenvalue weighted by Gasteiger charge is -2.17. The molecule has 4 N–H and O–H groups in total. The Balaban J connectivity index is 1.24. The fourth-order valence-corrected chi connectivity index (χ4v) is 5.98. The number of aryl methyl sites for hydroxylation is 1. The molecule has 2 aromatic heterocycles. The number of aliphatic carboxylic acids is 2. The van der Waals surface area contributed by atoms with Crippen LogP contribution in [0.3, 0.4) is 0 Å². The SMILES string of the molecule is N#Cc1cncc(COc2cc(OCc3cccc(-c4cccc(OCCCn5cc(CNCC(=O)O)nn5)c4Cl)c3Cl)c(Cl)cc2CNCC(=O)O)c1. The Hall–Kier alpha value is -5.43. The molecule has 2 heterocycles. The van der Waals surface area contributed by atoms with Gasteiger partial charge in [-0.1, -0.05) is 70.3 Å². The van der Waals surface area contributed by atoms with Crippen molar-refractivity contribution < 1.29 is 34.0 Å². The number of nitrogens with zero attached hydrogens (tertiary/aromatic N) is 5. The average molecular weight is 795 g/mol. The Morgan fingerprint density at radius 2 is 1.54 bits per heavy atom. The highest BCUT2D eigenvalue weighted by atomic mass is 35.5. The standard InChI is InChI=1S/C37H34Cl3N7O7/c38-30-11-26(16-43-18-34(48)49)32(53-21-24-10-23(13-41)14-42-15-24)12-33(30)54-22-25-4-1-5-28(36(25)39)29-6-2-7-31(37(29)40)52-9-3-8-47-20-27(45-46-47)17-44-19-35(50)51/h1-2,4-7,10-12,14-15,20,43-44H,3,8-9,16-19,21-22H2,(H,48,49)(H,50,51). The highest BCUT2D eigenvalue weighted by Crippen LogP contribution is 2.40. The summed E-state index contributed by atoms with van der Waals surface area (Å²) >= 11 is 20.4. The van der Waals surface area contributed by atoms with E-state index >= 15 is 0 Å². The molecule has 54 heavy (non-hydrogen) atoms. The number of nitrogens with one attached hydrogen (secondary N) is 2. The van der Waals surface area contributed by atoms with Crippen molar-refractivity contribution >= 4 is 46.7 Å². The summed E-state index contributed by atoms with van der Waals surface area (Å²) in [5.41, 5.74) is 4.28. The quantitative estimate of drug-likeness (QED) is 0.0657. The van der Waals surface area contributed by atoms with E-state index in [1.807, 2.05) is 36.4 Å². The molecule has 0 unspecified atom stereocenters. The van der Waals surface area contributed by atoms with Crippen LogP contribution in [0.1, 0.15) is 34.4 Å². The number of hydrogen-bond donors (Lipinski definition) is 4. The van der Waals surface area contributed by atoms with Crippen LogP contribution in [0, 0.1) is 11.3 Å². The highest BCUT2D eigenvalue weighted by molar-refractivity contribution is 6.37. The molecule has 14 nitrogen and oxygen atoms in total. The number of nitriles is 1. The van der Waals surface area contributed by atoms with E-state index in [2.05, 4.69) is 25.9 Å². The molecular weight excluding hydrogens is 761 g/mol. The number of pyridine rings is 1. The maximum absolute atomic E-state index is 11.1. The molecule has 5 rings (SSSR count). The van der Waals surface area contributed by atoms with Gasteiger partial charge in [-0.3, -0.25) is 19.3 Å². The number of carboxylic acid groups (broad SMARTS) is 2. The first-order valence-electron chi connectivity index (χ1n) is 16.5. The van der Waals surface area contributed by atoms with Crippen molar-refractivity contribution in [2.75, 3.05) is 19.7 Å². The first kappa shape index (κ1) is 39.8. The smallest absolute Gasteiger partial charge is 0.317 e. The lowest BCUT2D eigenvalue weighted by atomic mass is 10.0. The fraction of sp³-hybridized carbons (Fsp3) is 0.243. The van der Waals surface area contributed by atoms with Gasteiger partial charge in [-0.05, 0) is 18.2 Å². The van der Waals surface area contributed by atoms with Crippen molar-refractivity contribution in [1.29, 1.82) is 5.26 Å². The third-order valence-electron chi connectivity index (χ3n) is 7.70. The summed E-state index contributed by atoms with van der Waals surface area (Å²) in [6, 6.07) is 17.9. The van der Waals surface area contributed by atoms with Gasteiger partial charge in [-0.15, -0.1) is 5.10 Å². The van der Waals surface area contributed by atoms with Gasteiger partial charge in [0, 0.05) is 78.5 Å². The van der Waals surface area contributed by atoms with Crippen LogP contribution >= 0.6 is 34.8 Å². The van der Waals surface area contributed by atoms with E-state index in [-0.39, 0.29) is 37.9 Å². The topological polar surface area (TPSA) is 194 Å². The molecule has 0 saturated heterocycles. The minimum absolute atomic E-state index is 0.0456. The Morgan fingerprint density at radius 1 is 0.815 bits per heavy atom. The Bertz CT molecular complexity index is 2140. The number of ether oxygens (including phenoxy) is 3. The van der Waals surface area contributed by atoms with Gasteiger partial charge in [0.2, 0.25) is 0 Å². The molecular formula is C37H34Cl3N7O7. The Morgan fingerprint density at radius 3 is 2.30 bits per heavy atom. The van der Waals surface area contributed by atoms with Gasteiger partial charge in [0.25, 0.3) is 0 Å². The third kappa shape index (κ3) is 11.3. The maximum atomic E-state index is 11.1. The van der Waals surface area contributed by atoms with Crippen molar-refractivity contribution in [3.8, 4) is 34.4 Å². The van der Waals surface area contributed by atoms with E-state index in [0.717, 1.165) is 0 Å². The van der Waals surface area contributed by atoms with E-state index in [4.69, 9.17) is 59.2 Å². The first-order chi connectivity index (χ1) is 26.1. The van der Waals surface area contributed by atoms with Crippen molar-refractivity contribution in [2.45, 2.75) is 39.3 Å². The van der Waals surface area contributed by atoms with Crippen molar-refractivity contribution in [2.24, 2.45) is 0 Å². The second-order valence-electron chi connectivity index (χ2n) is 11.7. The lowest BCUT2D eigenvalue weighted by molar-refractivity contribution is -0.137. The number of aromatic nitrogens is 4. The van der Waals surface area contributed by atoms with Gasteiger partial charge in [0.15, 0.2) is 0 Å². The Kier molecular flexibility index (Phi) is 14.4. The van der Waals surface area contributed by atoms with Gasteiger partial charge in [0.05, 0.1) is 46.0 Å². The van der Waals surface area contributed by atoms with Crippen molar-refractivity contribution in [3.63, 3.8) is 0 Å². The third-order valence-corrected chi connectivity index (χ3v) is 8.83. The van der Waals surface area contributed by atoms with Crippen molar-refractivity contribution in [1.82, 2.24) is 30.6 Å². The monoisotopic (exact) mass is 793 g/mol. The van der Waals surface area contributed by atoms with Crippen LogP contribution in [0.25, 0.3) is 11.1 Å². The summed E-state index contributed by atoms with van der Waals surface area (Å²) in [6.07, 6.45) is 5.40. The number of carbonyl (C=O) groups is 2. The number of carboxylic acids is 2. The molecule has 0 aliphatic heterocycles. The molecule has 0 spiro atoms. The molecule has 0 aliphatic rings. The zero-order valence-electron chi connectivity index (χ0n) is 28.6. The zero-order valence-corrected chi connectivity index (χ0v) is 30.9. The molecule has 0 aliphatic carbocycles. The summed E-state index contributed by atoms with van der Waals surface area (Å²) in [7, 11) is 0. The molecule has 0 radical (unpaired) electrons. The summed E-state index contributed by atoms with van der Waals surface area (Å²) < 4.78 is 19.9. The number of halogens is 3. The van der Waals surface area contributed by atoms with Gasteiger partial charge >= 0.3 is 11.9 Å². The minimum atomic E-state index is -1.01. The molecule has 3 aromatic carbocycles. The second-order valence-corrected chi connectivity index (χ2v) is 12.9. The van der Waals surface area contributed by atoms with Crippen LogP contribution in [0.5, 0.6) is 17.2 Å². The van der Waals surface area contributed by atoms with Gasteiger partial charge in [-0.2, -0.15) is 5.26 Å². The summed E-state index contributed by atoms with van der Waals surface area (Å²) in [5, 5.41) is 41.9. The van der Waals surface area contributed by atoms with E-state index in [0.29, 0.717) is 92.5 Å². The van der Waals surface area contributed by atoms with Crippen LogP contribution in [0.15, 0.2) is 73.2 Å². The summed E-state index contributed by atoms with van der Waals surface area (Å²) in [4.78, 5) is 25.8. The normalized spacial score (nSPS) is 10.9. The predicted molar refractivity (Wildman–Crippen MR) is 200 cm³/mol. The number of rotatable bonds is 20. The summed E-state index contributed by atoms with van der Waals surface area (Å²) in [5.74, 6) is -0.767. The molecule has 0 atom stereocenters. The van der Waals surface area contributed by atoms with Crippen LogP contribution in [-0.2, 0) is 42.4 Å². The van der Waals surface area contributed by atoms with Crippen molar-refractivity contribution in [3.05, 3.63) is 116 Å². The molecule has 0 fully saturated rings. The minimum Gasteiger partial charge on any atom is -0.492 e. The Labute approximate surface area is 325 Å². The fourth-order valence-electron chi connectivity index (χ4n) is 5.17.